The Kier molecular flexibility index (Phi) is 9.01. The van der Waals surface area contributed by atoms with Crippen LogP contribution in [-0.4, -0.2) is 39.5 Å². The summed E-state index contributed by atoms with van der Waals surface area (Å²) in [4.78, 5) is 34.9. The fraction of sp³-hybridized carbons (Fsp3) is 0.200. The Morgan fingerprint density at radius 2 is 1.71 bits per heavy atom. The number of halogens is 2. The molecule has 0 aliphatic heterocycles. The summed E-state index contributed by atoms with van der Waals surface area (Å²) in [6, 6.07) is 13.1. The molecule has 2 aromatic carbocycles. The summed E-state index contributed by atoms with van der Waals surface area (Å²) in [5.41, 5.74) is 1.90. The summed E-state index contributed by atoms with van der Waals surface area (Å²) in [7, 11) is 0. The van der Waals surface area contributed by atoms with Crippen molar-refractivity contribution in [3.63, 3.8) is 0 Å². The minimum absolute atomic E-state index is 0.0516. The van der Waals surface area contributed by atoms with Crippen molar-refractivity contribution in [3.05, 3.63) is 88.2 Å². The zero-order chi connectivity index (χ0) is 24.5. The standard InChI is InChI=1S/C25H24Cl2N4O3/c1-2-16-31(25-28-14-5-15-29-25)18-12-10-17(11-13-18)6-3-9-21(24(33)34)30-23(32)22-19(26)7-4-8-20(22)27/h3-8,10-15,21H,2,9,16H2,1H3,(H,30,32)(H,33,34)/b6-3+. The van der Waals surface area contributed by atoms with E-state index in [-0.39, 0.29) is 22.0 Å². The molecule has 176 valence electrons. The molecule has 2 N–H and O–H groups in total. The number of aromatic nitrogens is 2. The Morgan fingerprint density at radius 1 is 1.06 bits per heavy atom. The number of carboxylic acid groups (broad SMARTS) is 1. The Morgan fingerprint density at radius 3 is 2.29 bits per heavy atom. The Labute approximate surface area is 208 Å². The lowest BCUT2D eigenvalue weighted by molar-refractivity contribution is -0.139. The maximum atomic E-state index is 12.5. The number of hydrogen-bond acceptors (Lipinski definition) is 5. The number of nitrogens with zero attached hydrogens (tertiary/aromatic N) is 3. The predicted octanol–water partition coefficient (Wildman–Crippen LogP) is 5.62. The van der Waals surface area contributed by atoms with Crippen molar-refractivity contribution >= 4 is 52.8 Å². The van der Waals surface area contributed by atoms with Gasteiger partial charge < -0.3 is 15.3 Å². The van der Waals surface area contributed by atoms with Crippen molar-refractivity contribution in [2.24, 2.45) is 0 Å². The maximum Gasteiger partial charge on any atom is 0.326 e. The van der Waals surface area contributed by atoms with Gasteiger partial charge in [-0.1, -0.05) is 60.5 Å². The molecule has 1 atom stereocenters. The first-order chi connectivity index (χ1) is 16.4. The van der Waals surface area contributed by atoms with Crippen LogP contribution in [0, 0.1) is 0 Å². The van der Waals surface area contributed by atoms with Crippen LogP contribution in [-0.2, 0) is 4.79 Å². The Bertz CT molecular complexity index is 1130. The lowest BCUT2D eigenvalue weighted by Gasteiger charge is -2.22. The molecular formula is C25H24Cl2N4O3. The maximum absolute atomic E-state index is 12.5. The molecule has 34 heavy (non-hydrogen) atoms. The summed E-state index contributed by atoms with van der Waals surface area (Å²) in [5, 5.41) is 12.3. The third-order valence-electron chi connectivity index (χ3n) is 4.92. The smallest absolute Gasteiger partial charge is 0.326 e. The van der Waals surface area contributed by atoms with E-state index in [0.29, 0.717) is 5.95 Å². The van der Waals surface area contributed by atoms with Gasteiger partial charge in [0.1, 0.15) is 6.04 Å². The van der Waals surface area contributed by atoms with E-state index in [2.05, 4.69) is 22.2 Å². The second-order valence-corrected chi connectivity index (χ2v) is 8.21. The summed E-state index contributed by atoms with van der Waals surface area (Å²) in [6.45, 7) is 2.86. The van der Waals surface area contributed by atoms with Crippen LogP contribution >= 0.6 is 23.2 Å². The number of hydrogen-bond donors (Lipinski definition) is 2. The molecule has 0 spiro atoms. The lowest BCUT2D eigenvalue weighted by atomic mass is 10.1. The van der Waals surface area contributed by atoms with Crippen LogP contribution in [0.3, 0.4) is 0 Å². The fourth-order valence-electron chi connectivity index (χ4n) is 3.27. The van der Waals surface area contributed by atoms with Crippen LogP contribution in [0.1, 0.15) is 35.7 Å². The van der Waals surface area contributed by atoms with Gasteiger partial charge in [-0.05, 0) is 48.7 Å². The monoisotopic (exact) mass is 498 g/mol. The number of nitrogens with one attached hydrogen (secondary N) is 1. The van der Waals surface area contributed by atoms with Crippen LogP contribution in [0.2, 0.25) is 10.0 Å². The van der Waals surface area contributed by atoms with Gasteiger partial charge in [0.15, 0.2) is 0 Å². The molecule has 1 amide bonds. The average Bonchev–Trinajstić information content (AvgIpc) is 2.83. The van der Waals surface area contributed by atoms with Gasteiger partial charge in [-0.25, -0.2) is 14.8 Å². The van der Waals surface area contributed by atoms with Crippen LogP contribution < -0.4 is 10.2 Å². The van der Waals surface area contributed by atoms with E-state index in [1.165, 1.54) is 12.1 Å². The minimum Gasteiger partial charge on any atom is -0.480 e. The highest BCUT2D eigenvalue weighted by atomic mass is 35.5. The van der Waals surface area contributed by atoms with Crippen molar-refractivity contribution in [3.8, 4) is 0 Å². The van der Waals surface area contributed by atoms with E-state index in [4.69, 9.17) is 23.2 Å². The van der Waals surface area contributed by atoms with E-state index in [1.54, 1.807) is 36.7 Å². The number of aliphatic carboxylic acids is 1. The molecule has 9 heteroatoms. The Hall–Kier alpha value is -3.42. The van der Waals surface area contributed by atoms with Crippen LogP contribution in [0.15, 0.2) is 67.0 Å². The molecule has 0 radical (unpaired) electrons. The quantitative estimate of drug-likeness (QED) is 0.376. The normalized spacial score (nSPS) is 11.9. The molecule has 0 fully saturated rings. The lowest BCUT2D eigenvalue weighted by Crippen LogP contribution is -2.40. The summed E-state index contributed by atoms with van der Waals surface area (Å²) in [5.74, 6) is -1.17. The number of carbonyl (C=O) groups is 2. The molecule has 0 aliphatic carbocycles. The molecule has 0 aliphatic rings. The van der Waals surface area contributed by atoms with E-state index >= 15 is 0 Å². The van der Waals surface area contributed by atoms with Gasteiger partial charge in [0.25, 0.3) is 5.91 Å². The molecule has 0 bridgehead atoms. The molecule has 1 heterocycles. The van der Waals surface area contributed by atoms with Crippen molar-refractivity contribution < 1.29 is 14.7 Å². The average molecular weight is 499 g/mol. The van der Waals surface area contributed by atoms with Crippen molar-refractivity contribution in [1.82, 2.24) is 15.3 Å². The van der Waals surface area contributed by atoms with Crippen molar-refractivity contribution in [2.45, 2.75) is 25.8 Å². The van der Waals surface area contributed by atoms with Gasteiger partial charge in [0.2, 0.25) is 5.95 Å². The molecule has 1 aromatic heterocycles. The highest BCUT2D eigenvalue weighted by Gasteiger charge is 2.22. The number of amides is 1. The highest BCUT2D eigenvalue weighted by molar-refractivity contribution is 6.39. The highest BCUT2D eigenvalue weighted by Crippen LogP contribution is 2.25. The molecule has 1 unspecified atom stereocenters. The second kappa shape index (κ2) is 12.2. The number of carbonyl (C=O) groups excluding carboxylic acids is 1. The first-order valence-corrected chi connectivity index (χ1v) is 11.4. The molecule has 3 rings (SSSR count). The van der Waals surface area contributed by atoms with E-state index in [0.717, 1.165) is 24.2 Å². The molecule has 0 saturated carbocycles. The SMILES string of the molecule is CCCN(c1ccc(/C=C/CC(NC(=O)c2c(Cl)cccc2Cl)C(=O)O)cc1)c1ncccn1. The minimum atomic E-state index is -1.16. The largest absolute Gasteiger partial charge is 0.480 e. The van der Waals surface area contributed by atoms with E-state index in [1.807, 2.05) is 29.2 Å². The van der Waals surface area contributed by atoms with E-state index in [9.17, 15) is 14.7 Å². The molecular weight excluding hydrogens is 475 g/mol. The summed E-state index contributed by atoms with van der Waals surface area (Å²) >= 11 is 12.1. The molecule has 0 saturated heterocycles. The van der Waals surface area contributed by atoms with Gasteiger partial charge in [-0.3, -0.25) is 4.79 Å². The van der Waals surface area contributed by atoms with Crippen LogP contribution in [0.5, 0.6) is 0 Å². The van der Waals surface area contributed by atoms with Gasteiger partial charge in [-0.15, -0.1) is 0 Å². The van der Waals surface area contributed by atoms with Crippen molar-refractivity contribution in [1.29, 1.82) is 0 Å². The molecule has 3 aromatic rings. The predicted molar refractivity (Wildman–Crippen MR) is 135 cm³/mol. The first kappa shape index (κ1) is 25.2. The zero-order valence-electron chi connectivity index (χ0n) is 18.5. The Balaban J connectivity index is 1.67. The van der Waals surface area contributed by atoms with E-state index < -0.39 is 17.9 Å². The zero-order valence-corrected chi connectivity index (χ0v) is 20.0. The van der Waals surface area contributed by atoms with Gasteiger partial charge >= 0.3 is 5.97 Å². The number of rotatable bonds is 10. The number of benzene rings is 2. The summed E-state index contributed by atoms with van der Waals surface area (Å²) in [6.07, 6.45) is 7.94. The molecule has 7 nitrogen and oxygen atoms in total. The van der Waals surface area contributed by atoms with Crippen LogP contribution in [0.25, 0.3) is 6.08 Å². The number of anilines is 2. The second-order valence-electron chi connectivity index (χ2n) is 7.39. The third kappa shape index (κ3) is 6.56. The van der Waals surface area contributed by atoms with Gasteiger partial charge in [0.05, 0.1) is 15.6 Å². The first-order valence-electron chi connectivity index (χ1n) is 10.7. The van der Waals surface area contributed by atoms with Crippen LogP contribution in [0.4, 0.5) is 11.6 Å². The van der Waals surface area contributed by atoms with Crippen molar-refractivity contribution in [2.75, 3.05) is 11.4 Å². The summed E-state index contributed by atoms with van der Waals surface area (Å²) < 4.78 is 0. The fourth-order valence-corrected chi connectivity index (χ4v) is 3.84. The number of carboxylic acids is 1. The topological polar surface area (TPSA) is 95.4 Å². The van der Waals surface area contributed by atoms with Gasteiger partial charge in [-0.2, -0.15) is 0 Å². The third-order valence-corrected chi connectivity index (χ3v) is 5.55. The van der Waals surface area contributed by atoms with Gasteiger partial charge in [0, 0.05) is 24.6 Å².